The minimum atomic E-state index is -0.815. The van der Waals surface area contributed by atoms with Crippen LogP contribution in [0.3, 0.4) is 0 Å². The molecule has 2 aromatic carbocycles. The SMILES string of the molecule is COC(=O)CC1CN(C(=O)C[C@H]2O[C@H](c3cccc(OC)c3OC)c3cc(Cl)cc(F)c3-n3cccc32)C1. The molecule has 0 N–H and O–H groups in total. The summed E-state index contributed by atoms with van der Waals surface area (Å²) < 4.78 is 39.8. The first-order valence-electron chi connectivity index (χ1n) is 12.2. The highest BCUT2D eigenvalue weighted by atomic mass is 35.5. The summed E-state index contributed by atoms with van der Waals surface area (Å²) in [5.74, 6) is 0.0772. The van der Waals surface area contributed by atoms with Crippen molar-refractivity contribution in [2.75, 3.05) is 34.4 Å². The van der Waals surface area contributed by atoms with Gasteiger partial charge in [0.2, 0.25) is 5.91 Å². The predicted molar refractivity (Wildman–Crippen MR) is 137 cm³/mol. The topological polar surface area (TPSA) is 79.2 Å². The van der Waals surface area contributed by atoms with Crippen molar-refractivity contribution in [3.63, 3.8) is 0 Å². The normalized spacial score (nSPS) is 18.6. The predicted octanol–water partition coefficient (Wildman–Crippen LogP) is 4.86. The Morgan fingerprint density at radius 3 is 2.55 bits per heavy atom. The fourth-order valence-electron chi connectivity index (χ4n) is 5.23. The van der Waals surface area contributed by atoms with Crippen LogP contribution in [-0.2, 0) is 19.1 Å². The number of halogens is 2. The van der Waals surface area contributed by atoms with Crippen LogP contribution in [0.5, 0.6) is 11.5 Å². The van der Waals surface area contributed by atoms with Crippen LogP contribution in [0.4, 0.5) is 4.39 Å². The summed E-state index contributed by atoms with van der Waals surface area (Å²) in [6.07, 6.45) is 0.526. The number of esters is 1. The Morgan fingerprint density at radius 1 is 1.05 bits per heavy atom. The fraction of sp³-hybridized carbons (Fsp3) is 0.357. The highest BCUT2D eigenvalue weighted by Gasteiger charge is 2.38. The molecule has 5 rings (SSSR count). The van der Waals surface area contributed by atoms with Crippen LogP contribution in [0.1, 0.15) is 41.9 Å². The van der Waals surface area contributed by atoms with Crippen molar-refractivity contribution in [1.82, 2.24) is 9.47 Å². The third-order valence-electron chi connectivity index (χ3n) is 7.06. The molecule has 3 aromatic rings. The van der Waals surface area contributed by atoms with Gasteiger partial charge in [0.1, 0.15) is 18.0 Å². The first-order chi connectivity index (χ1) is 18.3. The van der Waals surface area contributed by atoms with Crippen LogP contribution in [0.2, 0.25) is 5.02 Å². The van der Waals surface area contributed by atoms with E-state index in [9.17, 15) is 9.59 Å². The standard InChI is InChI=1S/C28H28ClFN2O6/c1-35-22-8-4-6-18(28(22)37-3)27-19-11-17(29)12-20(30)26(19)32-9-5-7-21(32)23(38-27)13-24(33)31-14-16(15-31)10-25(34)36-2/h4-9,11-12,16,23,27H,10,13-15H2,1-3H3/t23-,27-/m1/s1. The molecule has 1 amide bonds. The third kappa shape index (κ3) is 4.72. The summed E-state index contributed by atoms with van der Waals surface area (Å²) >= 11 is 6.32. The first-order valence-corrected chi connectivity index (χ1v) is 12.6. The highest BCUT2D eigenvalue weighted by molar-refractivity contribution is 6.30. The number of nitrogens with zero attached hydrogens (tertiary/aromatic N) is 2. The van der Waals surface area contributed by atoms with Crippen LogP contribution in [0.25, 0.3) is 5.69 Å². The van der Waals surface area contributed by atoms with Crippen LogP contribution >= 0.6 is 11.6 Å². The van der Waals surface area contributed by atoms with Crippen molar-refractivity contribution in [1.29, 1.82) is 0 Å². The Bertz CT molecular complexity index is 1370. The van der Waals surface area contributed by atoms with E-state index >= 15 is 4.39 Å². The third-order valence-corrected chi connectivity index (χ3v) is 7.28. The van der Waals surface area contributed by atoms with Gasteiger partial charge in [-0.05, 0) is 30.3 Å². The lowest BCUT2D eigenvalue weighted by Gasteiger charge is -2.39. The molecule has 38 heavy (non-hydrogen) atoms. The summed E-state index contributed by atoms with van der Waals surface area (Å²) in [6.45, 7) is 0.943. The molecule has 2 aliphatic rings. The van der Waals surface area contributed by atoms with Gasteiger partial charge in [0.15, 0.2) is 11.5 Å². The zero-order valence-electron chi connectivity index (χ0n) is 21.3. The van der Waals surface area contributed by atoms with E-state index in [4.69, 9.17) is 30.5 Å². The maximum atomic E-state index is 15.5. The summed E-state index contributed by atoms with van der Waals surface area (Å²) in [5.41, 5.74) is 2.04. The van der Waals surface area contributed by atoms with E-state index in [1.807, 2.05) is 12.1 Å². The van der Waals surface area contributed by atoms with E-state index in [2.05, 4.69) is 0 Å². The highest BCUT2D eigenvalue weighted by Crippen LogP contribution is 2.47. The van der Waals surface area contributed by atoms with Gasteiger partial charge in [-0.1, -0.05) is 23.7 Å². The average Bonchev–Trinajstić information content (AvgIpc) is 3.31. The zero-order valence-corrected chi connectivity index (χ0v) is 22.0. The van der Waals surface area contributed by atoms with Crippen LogP contribution in [0, 0.1) is 11.7 Å². The molecule has 1 aromatic heterocycles. The van der Waals surface area contributed by atoms with E-state index < -0.39 is 18.0 Å². The van der Waals surface area contributed by atoms with E-state index in [1.165, 1.54) is 27.4 Å². The Balaban J connectivity index is 1.52. The first kappa shape index (κ1) is 26.1. The van der Waals surface area contributed by atoms with E-state index in [1.54, 1.807) is 39.9 Å². The van der Waals surface area contributed by atoms with Crippen molar-refractivity contribution >= 4 is 23.5 Å². The molecule has 2 aliphatic heterocycles. The van der Waals surface area contributed by atoms with Crippen LogP contribution in [0.15, 0.2) is 48.7 Å². The second-order valence-corrected chi connectivity index (χ2v) is 9.80. The maximum absolute atomic E-state index is 15.5. The van der Waals surface area contributed by atoms with Gasteiger partial charge in [0.25, 0.3) is 0 Å². The molecular weight excluding hydrogens is 515 g/mol. The molecule has 0 bridgehead atoms. The quantitative estimate of drug-likeness (QED) is 0.397. The number of fused-ring (bicyclic) bond motifs is 3. The number of rotatable bonds is 7. The van der Waals surface area contributed by atoms with Gasteiger partial charge in [-0.3, -0.25) is 9.59 Å². The molecule has 1 fully saturated rings. The van der Waals surface area contributed by atoms with Gasteiger partial charge in [-0.25, -0.2) is 4.39 Å². The number of hydrogen-bond acceptors (Lipinski definition) is 6. The molecule has 2 atom stereocenters. The summed E-state index contributed by atoms with van der Waals surface area (Å²) in [4.78, 5) is 26.5. The number of methoxy groups -OCH3 is 3. The molecule has 0 aliphatic carbocycles. The number of hydrogen-bond donors (Lipinski definition) is 0. The molecule has 3 heterocycles. The van der Waals surface area contributed by atoms with E-state index in [0.29, 0.717) is 47.1 Å². The Kier molecular flexibility index (Phi) is 7.32. The minimum Gasteiger partial charge on any atom is -0.493 e. The Labute approximate surface area is 224 Å². The fourth-order valence-corrected chi connectivity index (χ4v) is 5.44. The van der Waals surface area contributed by atoms with Crippen molar-refractivity contribution < 1.29 is 32.9 Å². The largest absolute Gasteiger partial charge is 0.493 e. The van der Waals surface area contributed by atoms with Crippen molar-refractivity contribution in [3.05, 3.63) is 76.3 Å². The molecule has 200 valence electrons. The number of carbonyl (C=O) groups is 2. The minimum absolute atomic E-state index is 0.0289. The molecule has 0 saturated carbocycles. The number of amides is 1. The van der Waals surface area contributed by atoms with Crippen LogP contribution < -0.4 is 9.47 Å². The van der Waals surface area contributed by atoms with E-state index in [-0.39, 0.29) is 35.7 Å². The average molecular weight is 543 g/mol. The molecular formula is C28H28ClFN2O6. The van der Waals surface area contributed by atoms with E-state index in [0.717, 1.165) is 0 Å². The summed E-state index contributed by atoms with van der Waals surface area (Å²) in [5, 5.41) is 0.220. The Hall–Kier alpha value is -3.56. The monoisotopic (exact) mass is 542 g/mol. The van der Waals surface area contributed by atoms with Gasteiger partial charge in [0, 0.05) is 41.4 Å². The summed E-state index contributed by atoms with van der Waals surface area (Å²) in [6, 6.07) is 11.9. The van der Waals surface area contributed by atoms with Gasteiger partial charge < -0.3 is 28.4 Å². The molecule has 8 nitrogen and oxygen atoms in total. The van der Waals surface area contributed by atoms with Gasteiger partial charge in [-0.15, -0.1) is 0 Å². The molecule has 10 heteroatoms. The second kappa shape index (κ2) is 10.7. The number of carbonyl (C=O) groups excluding carboxylic acids is 2. The number of benzene rings is 2. The lowest BCUT2D eigenvalue weighted by molar-refractivity contribution is -0.149. The van der Waals surface area contributed by atoms with Gasteiger partial charge in [0.05, 0.1) is 45.6 Å². The maximum Gasteiger partial charge on any atom is 0.305 e. The lowest BCUT2D eigenvalue weighted by atomic mass is 9.95. The smallest absolute Gasteiger partial charge is 0.305 e. The zero-order chi connectivity index (χ0) is 27.0. The number of para-hydroxylation sites is 1. The van der Waals surface area contributed by atoms with Crippen molar-refractivity contribution in [2.45, 2.75) is 25.0 Å². The van der Waals surface area contributed by atoms with Crippen molar-refractivity contribution in [2.24, 2.45) is 5.92 Å². The molecule has 0 unspecified atom stereocenters. The Morgan fingerprint density at radius 2 is 1.84 bits per heavy atom. The number of likely N-dealkylation sites (tertiary alicyclic amines) is 1. The lowest BCUT2D eigenvalue weighted by Crippen LogP contribution is -2.51. The number of ether oxygens (including phenoxy) is 4. The molecule has 1 saturated heterocycles. The van der Waals surface area contributed by atoms with Crippen molar-refractivity contribution in [3.8, 4) is 17.2 Å². The molecule has 0 spiro atoms. The van der Waals surface area contributed by atoms with Gasteiger partial charge in [-0.2, -0.15) is 0 Å². The van der Waals surface area contributed by atoms with Crippen LogP contribution in [-0.4, -0.2) is 55.8 Å². The van der Waals surface area contributed by atoms with Gasteiger partial charge >= 0.3 is 5.97 Å². The summed E-state index contributed by atoms with van der Waals surface area (Å²) in [7, 11) is 4.41. The number of aromatic nitrogens is 1. The second-order valence-electron chi connectivity index (χ2n) is 9.37. The molecule has 0 radical (unpaired) electrons.